The van der Waals surface area contributed by atoms with Crippen LogP contribution in [0.5, 0.6) is 0 Å². The normalized spacial score (nSPS) is 37.4. The molecule has 4 saturated carbocycles. The van der Waals surface area contributed by atoms with Crippen molar-refractivity contribution in [3.63, 3.8) is 0 Å². The lowest BCUT2D eigenvalue weighted by Gasteiger charge is -2.72. The summed E-state index contributed by atoms with van der Waals surface area (Å²) in [5, 5.41) is 24.4. The van der Waals surface area contributed by atoms with Crippen molar-refractivity contribution in [2.45, 2.75) is 143 Å². The number of allylic oxidation sites excluding steroid dienone is 2. The summed E-state index contributed by atoms with van der Waals surface area (Å²) in [6.07, 6.45) is 5.65. The van der Waals surface area contributed by atoms with Crippen LogP contribution >= 0.6 is 0 Å². The van der Waals surface area contributed by atoms with Crippen LogP contribution < -0.4 is 0 Å². The number of esters is 3. The van der Waals surface area contributed by atoms with Gasteiger partial charge < -0.3 is 29.2 Å². The average Bonchev–Trinajstić information content (AvgIpc) is 3.38. The average molecular weight is 991 g/mol. The SMILES string of the molecule is C[C@H]1[C@H](C)CC[C@]2(C(=O)O)CC[C@]3(C)C(=CC[C@@H]4[C@@]5(C)CC[C@@](O)(Cc6ccccc6[C@@H]6OC[C@H](OC(=O)c7ccccc7)[C@H](OC(=O)c7ccccc7)[C@H]6OC(=O)c6ccccc6)C(C)(C)C5CC[C@]43C)[C@H]12. The van der Waals surface area contributed by atoms with E-state index in [4.69, 9.17) is 18.9 Å². The summed E-state index contributed by atoms with van der Waals surface area (Å²) >= 11 is 0. The second kappa shape index (κ2) is 19.0. The molecule has 386 valence electrons. The number of aliphatic carboxylic acids is 1. The number of hydrogen-bond acceptors (Lipinski definition) is 9. The van der Waals surface area contributed by atoms with E-state index < -0.39 is 64.7 Å². The number of carboxylic acid groups (broad SMARTS) is 1. The van der Waals surface area contributed by atoms with Gasteiger partial charge in [0, 0.05) is 6.42 Å². The number of carboxylic acids is 1. The lowest BCUT2D eigenvalue weighted by molar-refractivity contribution is -0.235. The number of fused-ring (bicyclic) bond motifs is 7. The van der Waals surface area contributed by atoms with E-state index >= 15 is 0 Å². The van der Waals surface area contributed by atoms with Gasteiger partial charge in [-0.2, -0.15) is 0 Å². The van der Waals surface area contributed by atoms with Crippen LogP contribution in [0.15, 0.2) is 127 Å². The monoisotopic (exact) mass is 991 g/mol. The first-order chi connectivity index (χ1) is 34.8. The zero-order chi connectivity index (χ0) is 51.7. The highest BCUT2D eigenvalue weighted by atomic mass is 16.6. The van der Waals surface area contributed by atoms with Gasteiger partial charge in [0.1, 0.15) is 6.10 Å². The first kappa shape index (κ1) is 50.9. The van der Waals surface area contributed by atoms with Crippen molar-refractivity contribution in [1.82, 2.24) is 0 Å². The van der Waals surface area contributed by atoms with Gasteiger partial charge in [0.2, 0.25) is 0 Å². The summed E-state index contributed by atoms with van der Waals surface area (Å²) in [7, 11) is 0. The van der Waals surface area contributed by atoms with E-state index in [9.17, 15) is 29.4 Å². The van der Waals surface area contributed by atoms with Gasteiger partial charge in [-0.1, -0.05) is 139 Å². The van der Waals surface area contributed by atoms with Crippen molar-refractivity contribution >= 4 is 23.9 Å². The predicted molar refractivity (Wildman–Crippen MR) is 277 cm³/mol. The van der Waals surface area contributed by atoms with Gasteiger partial charge >= 0.3 is 23.9 Å². The third-order valence-corrected chi connectivity index (χ3v) is 20.9. The molecule has 4 aromatic carbocycles. The fraction of sp³-hybridized carbons (Fsp3) is 0.524. The summed E-state index contributed by atoms with van der Waals surface area (Å²) in [6, 6.07) is 33.4. The van der Waals surface area contributed by atoms with E-state index in [0.717, 1.165) is 56.9 Å². The number of hydrogen-bond donors (Lipinski definition) is 2. The molecule has 5 fully saturated rings. The van der Waals surface area contributed by atoms with Crippen LogP contribution in [-0.4, -0.2) is 64.6 Å². The summed E-state index contributed by atoms with van der Waals surface area (Å²) in [5.41, 5.74) is 1.11. The smallest absolute Gasteiger partial charge is 0.338 e. The Kier molecular flexibility index (Phi) is 13.2. The van der Waals surface area contributed by atoms with E-state index in [2.05, 4.69) is 54.5 Å². The fourth-order valence-electron chi connectivity index (χ4n) is 16.2. The molecule has 10 nitrogen and oxygen atoms in total. The molecule has 10 heteroatoms. The molecule has 73 heavy (non-hydrogen) atoms. The largest absolute Gasteiger partial charge is 0.481 e. The Morgan fingerprint density at radius 2 is 1.19 bits per heavy atom. The van der Waals surface area contributed by atoms with Crippen LogP contribution in [0.25, 0.3) is 0 Å². The molecule has 5 aliphatic carbocycles. The van der Waals surface area contributed by atoms with E-state index in [0.29, 0.717) is 41.7 Å². The molecule has 1 unspecified atom stereocenters. The van der Waals surface area contributed by atoms with E-state index in [-0.39, 0.29) is 45.8 Å². The maximum Gasteiger partial charge on any atom is 0.338 e. The Hall–Kier alpha value is -5.58. The number of carbonyl (C=O) groups excluding carboxylic acids is 3. The van der Waals surface area contributed by atoms with Crippen LogP contribution in [0.1, 0.15) is 155 Å². The Labute approximate surface area is 431 Å². The van der Waals surface area contributed by atoms with Crippen LogP contribution in [0.2, 0.25) is 0 Å². The van der Waals surface area contributed by atoms with Crippen molar-refractivity contribution in [2.75, 3.05) is 6.61 Å². The first-order valence-corrected chi connectivity index (χ1v) is 26.9. The van der Waals surface area contributed by atoms with Gasteiger partial charge in [0.05, 0.1) is 34.3 Å². The Morgan fingerprint density at radius 3 is 1.79 bits per heavy atom. The van der Waals surface area contributed by atoms with Crippen molar-refractivity contribution < 1.29 is 48.3 Å². The van der Waals surface area contributed by atoms with Gasteiger partial charge in [0.25, 0.3) is 0 Å². The minimum absolute atomic E-state index is 0.0379. The molecule has 0 bridgehead atoms. The molecular weight excluding hydrogens is 917 g/mol. The van der Waals surface area contributed by atoms with Crippen LogP contribution in [0, 0.1) is 56.7 Å². The molecule has 10 rings (SSSR count). The maximum atomic E-state index is 14.2. The van der Waals surface area contributed by atoms with Crippen LogP contribution in [-0.2, 0) is 30.2 Å². The zero-order valence-corrected chi connectivity index (χ0v) is 43.7. The lowest BCUT2D eigenvalue weighted by atomic mass is 9.32. The van der Waals surface area contributed by atoms with E-state index in [1.54, 1.807) is 91.0 Å². The van der Waals surface area contributed by atoms with Gasteiger partial charge in [-0.3, -0.25) is 4.79 Å². The molecule has 0 aromatic heterocycles. The highest BCUT2D eigenvalue weighted by Crippen LogP contribution is 2.76. The Bertz CT molecular complexity index is 2750. The zero-order valence-electron chi connectivity index (χ0n) is 43.7. The first-order valence-electron chi connectivity index (χ1n) is 26.9. The van der Waals surface area contributed by atoms with E-state index in [1.165, 1.54) is 5.57 Å². The van der Waals surface area contributed by atoms with Crippen molar-refractivity contribution in [3.05, 3.63) is 155 Å². The lowest BCUT2D eigenvalue weighted by Crippen LogP contribution is -2.67. The molecule has 0 spiro atoms. The number of ether oxygens (including phenoxy) is 4. The Balaban J connectivity index is 0.975. The number of benzene rings is 4. The number of aliphatic hydroxyl groups is 1. The van der Waals surface area contributed by atoms with Crippen molar-refractivity contribution in [1.29, 1.82) is 0 Å². The molecule has 0 radical (unpaired) electrons. The molecule has 1 heterocycles. The summed E-state index contributed by atoms with van der Waals surface area (Å²) in [6.45, 7) is 16.5. The van der Waals surface area contributed by atoms with Crippen molar-refractivity contribution in [2.24, 2.45) is 56.7 Å². The van der Waals surface area contributed by atoms with Crippen LogP contribution in [0.4, 0.5) is 0 Å². The van der Waals surface area contributed by atoms with Gasteiger partial charge in [-0.25, -0.2) is 14.4 Å². The third-order valence-electron chi connectivity index (χ3n) is 20.9. The summed E-state index contributed by atoms with van der Waals surface area (Å²) in [5.74, 6) is -1.26. The fourth-order valence-corrected chi connectivity index (χ4v) is 16.2. The highest BCUT2D eigenvalue weighted by molar-refractivity contribution is 5.91. The predicted octanol–water partition coefficient (Wildman–Crippen LogP) is 12.5. The molecule has 0 amide bonds. The maximum absolute atomic E-state index is 14.2. The molecule has 2 N–H and O–H groups in total. The minimum Gasteiger partial charge on any atom is -0.481 e. The minimum atomic E-state index is -1.30. The Morgan fingerprint density at radius 1 is 0.630 bits per heavy atom. The van der Waals surface area contributed by atoms with Crippen molar-refractivity contribution in [3.8, 4) is 0 Å². The molecule has 4 aromatic rings. The standard InChI is InChI=1S/C63H74O10/c1-39-29-32-62(57(67)68)35-34-60(6)46(50(62)40(39)2)27-28-49-59(5)33-36-63(69,58(3,4)48(59)30-31-61(49,60)7)37-44-25-17-18-26-45(44)51-53(73-56(66)43-23-15-10-16-24-43)52(72-55(65)42-21-13-9-14-22-42)47(38-70-51)71-54(64)41-19-11-8-12-20-41/h8-27,39-40,47-53,69H,28-38H2,1-7H3,(H,67,68)/t39-,40+,47+,48?,49-,50+,51+,52+,53+,59+,60-,61-,62+,63-/m1/s1. The second-order valence-corrected chi connectivity index (χ2v) is 24.3. The van der Waals surface area contributed by atoms with Gasteiger partial charge in [-0.15, -0.1) is 0 Å². The van der Waals surface area contributed by atoms with Crippen LogP contribution in [0.3, 0.4) is 0 Å². The highest BCUT2D eigenvalue weighted by Gasteiger charge is 2.71. The molecular formula is C63H74O10. The number of carbonyl (C=O) groups is 4. The summed E-state index contributed by atoms with van der Waals surface area (Å²) in [4.78, 5) is 55.3. The molecule has 1 saturated heterocycles. The van der Waals surface area contributed by atoms with Gasteiger partial charge in [-0.05, 0) is 157 Å². The number of rotatable bonds is 10. The van der Waals surface area contributed by atoms with E-state index in [1.807, 2.05) is 24.3 Å². The quantitative estimate of drug-likeness (QED) is 0.0894. The second-order valence-electron chi connectivity index (χ2n) is 24.3. The third kappa shape index (κ3) is 8.28. The molecule has 6 aliphatic rings. The summed E-state index contributed by atoms with van der Waals surface area (Å²) < 4.78 is 25.6. The topological polar surface area (TPSA) is 146 Å². The molecule has 1 aliphatic heterocycles. The van der Waals surface area contributed by atoms with Gasteiger partial charge in [0.15, 0.2) is 18.3 Å². The molecule has 14 atom stereocenters.